The van der Waals surface area contributed by atoms with Crippen molar-refractivity contribution in [2.24, 2.45) is 0 Å². The Morgan fingerprint density at radius 2 is 1.67 bits per heavy atom. The van der Waals surface area contributed by atoms with Gasteiger partial charge in [0.2, 0.25) is 12.7 Å². The fourth-order valence-electron chi connectivity index (χ4n) is 4.08. The van der Waals surface area contributed by atoms with E-state index in [1.807, 2.05) is 23.1 Å². The molecule has 0 aromatic heterocycles. The van der Waals surface area contributed by atoms with E-state index in [1.165, 1.54) is 0 Å². The fourth-order valence-corrected chi connectivity index (χ4v) is 4.08. The molecule has 24 heavy (non-hydrogen) atoms. The van der Waals surface area contributed by atoms with Crippen LogP contribution in [-0.2, 0) is 19.7 Å². The second kappa shape index (κ2) is 5.10. The third-order valence-electron chi connectivity index (χ3n) is 5.71. The molecule has 1 aromatic carbocycles. The summed E-state index contributed by atoms with van der Waals surface area (Å²) in [5.74, 6) is 1.30. The number of rotatable bonds is 2. The topological polar surface area (TPSA) is 57.2 Å². The summed E-state index contributed by atoms with van der Waals surface area (Å²) in [6.07, 6.45) is 3.33. The summed E-state index contributed by atoms with van der Waals surface area (Å²) < 4.78 is 22.4. The number of hydrogen-bond acceptors (Lipinski definition) is 5. The molecule has 3 heterocycles. The summed E-state index contributed by atoms with van der Waals surface area (Å²) in [6, 6.07) is 5.89. The van der Waals surface area contributed by atoms with Gasteiger partial charge in [0.25, 0.3) is 0 Å². The molecule has 1 aliphatic carbocycles. The Bertz CT molecular complexity index is 668. The maximum absolute atomic E-state index is 13.2. The van der Waals surface area contributed by atoms with Gasteiger partial charge < -0.3 is 23.8 Å². The lowest BCUT2D eigenvalue weighted by Crippen LogP contribution is -2.50. The molecule has 1 aromatic rings. The zero-order chi connectivity index (χ0) is 16.2. The Morgan fingerprint density at radius 1 is 0.958 bits per heavy atom. The fraction of sp³-hybridized carbons (Fsp3) is 0.611. The van der Waals surface area contributed by atoms with Crippen LogP contribution in [-0.4, -0.2) is 49.7 Å². The Hall–Kier alpha value is -1.79. The van der Waals surface area contributed by atoms with Gasteiger partial charge in [-0.25, -0.2) is 0 Å². The number of nitrogens with zero attached hydrogens (tertiary/aromatic N) is 1. The molecule has 2 saturated heterocycles. The lowest BCUT2D eigenvalue weighted by atomic mass is 9.92. The minimum Gasteiger partial charge on any atom is -0.454 e. The van der Waals surface area contributed by atoms with Gasteiger partial charge in [-0.1, -0.05) is 6.07 Å². The molecule has 3 fully saturated rings. The van der Waals surface area contributed by atoms with Crippen LogP contribution in [0.1, 0.15) is 31.2 Å². The Balaban J connectivity index is 1.33. The molecule has 0 atom stereocenters. The molecule has 128 valence electrons. The van der Waals surface area contributed by atoms with Crippen molar-refractivity contribution in [2.45, 2.75) is 36.9 Å². The van der Waals surface area contributed by atoms with Gasteiger partial charge in [-0.05, 0) is 30.5 Å². The summed E-state index contributed by atoms with van der Waals surface area (Å²) in [6.45, 7) is 2.98. The van der Waals surface area contributed by atoms with Gasteiger partial charge >= 0.3 is 0 Å². The lowest BCUT2D eigenvalue weighted by Gasteiger charge is -2.39. The van der Waals surface area contributed by atoms with E-state index < -0.39 is 5.79 Å². The van der Waals surface area contributed by atoms with Crippen molar-refractivity contribution in [2.75, 3.05) is 33.1 Å². The first-order chi connectivity index (χ1) is 11.7. The van der Waals surface area contributed by atoms with Crippen molar-refractivity contribution in [1.82, 2.24) is 4.90 Å². The normalized spacial score (nSPS) is 25.9. The highest BCUT2D eigenvalue weighted by atomic mass is 16.7. The third kappa shape index (κ3) is 2.13. The van der Waals surface area contributed by atoms with Crippen molar-refractivity contribution in [3.8, 4) is 11.5 Å². The van der Waals surface area contributed by atoms with Crippen molar-refractivity contribution >= 4 is 5.91 Å². The van der Waals surface area contributed by atoms with Crippen LogP contribution in [0, 0.1) is 0 Å². The summed E-state index contributed by atoms with van der Waals surface area (Å²) in [7, 11) is 0. The minimum atomic E-state index is -0.438. The van der Waals surface area contributed by atoms with Crippen molar-refractivity contribution in [3.63, 3.8) is 0 Å². The minimum absolute atomic E-state index is 0.231. The van der Waals surface area contributed by atoms with Crippen molar-refractivity contribution < 1.29 is 23.7 Å². The van der Waals surface area contributed by atoms with Gasteiger partial charge in [0.1, 0.15) is 0 Å². The monoisotopic (exact) mass is 331 g/mol. The van der Waals surface area contributed by atoms with Crippen molar-refractivity contribution in [1.29, 1.82) is 0 Å². The van der Waals surface area contributed by atoms with E-state index in [9.17, 15) is 4.79 Å². The number of ether oxygens (including phenoxy) is 4. The highest BCUT2D eigenvalue weighted by molar-refractivity contribution is 5.91. The molecule has 0 bridgehead atoms. The quantitative estimate of drug-likeness (QED) is 0.827. The molecule has 0 radical (unpaired) electrons. The first kappa shape index (κ1) is 14.5. The zero-order valence-corrected chi connectivity index (χ0v) is 13.6. The van der Waals surface area contributed by atoms with Crippen LogP contribution < -0.4 is 9.47 Å². The lowest BCUT2D eigenvalue weighted by molar-refractivity contribution is -0.188. The Labute approximate surface area is 140 Å². The van der Waals surface area contributed by atoms with Crippen LogP contribution in [0.5, 0.6) is 11.5 Å². The Kier molecular flexibility index (Phi) is 3.09. The molecule has 0 unspecified atom stereocenters. The first-order valence-electron chi connectivity index (χ1n) is 8.68. The average Bonchev–Trinajstić information content (AvgIpc) is 3.08. The number of benzene rings is 1. The predicted octanol–water partition coefficient (Wildman–Crippen LogP) is 1.81. The van der Waals surface area contributed by atoms with E-state index in [4.69, 9.17) is 18.9 Å². The molecule has 4 aliphatic rings. The second-order valence-electron chi connectivity index (χ2n) is 7.05. The van der Waals surface area contributed by atoms with Gasteiger partial charge in [0, 0.05) is 25.9 Å². The molecular formula is C18H21NO5. The van der Waals surface area contributed by atoms with E-state index in [-0.39, 0.29) is 18.1 Å². The smallest absolute Gasteiger partial charge is 0.233 e. The van der Waals surface area contributed by atoms with Crippen LogP contribution in [0.15, 0.2) is 18.2 Å². The number of piperidine rings is 1. The van der Waals surface area contributed by atoms with Gasteiger partial charge in [0.05, 0.1) is 18.6 Å². The molecule has 6 nitrogen and oxygen atoms in total. The molecule has 5 rings (SSSR count). The SMILES string of the molecule is O=C(N1CCC2(CC1)OCCO2)C1(c2ccc3c(c2)OCO3)CC1. The van der Waals surface area contributed by atoms with Gasteiger partial charge in [-0.15, -0.1) is 0 Å². The summed E-state index contributed by atoms with van der Waals surface area (Å²) >= 11 is 0. The average molecular weight is 331 g/mol. The highest BCUT2D eigenvalue weighted by Crippen LogP contribution is 2.52. The number of fused-ring (bicyclic) bond motifs is 1. The van der Waals surface area contributed by atoms with E-state index in [1.54, 1.807) is 0 Å². The number of likely N-dealkylation sites (tertiary alicyclic amines) is 1. The number of hydrogen-bond donors (Lipinski definition) is 0. The molecule has 1 saturated carbocycles. The van der Waals surface area contributed by atoms with E-state index in [0.717, 1.165) is 42.7 Å². The van der Waals surface area contributed by atoms with Crippen LogP contribution in [0.2, 0.25) is 0 Å². The summed E-state index contributed by atoms with van der Waals surface area (Å²) in [5, 5.41) is 0. The van der Waals surface area contributed by atoms with Crippen molar-refractivity contribution in [3.05, 3.63) is 23.8 Å². The first-order valence-corrected chi connectivity index (χ1v) is 8.68. The highest BCUT2D eigenvalue weighted by Gasteiger charge is 2.54. The van der Waals surface area contributed by atoms with Crippen LogP contribution in [0.3, 0.4) is 0 Å². The molecule has 6 heteroatoms. The summed E-state index contributed by atoms with van der Waals surface area (Å²) in [4.78, 5) is 15.1. The summed E-state index contributed by atoms with van der Waals surface area (Å²) in [5.41, 5.74) is 0.675. The van der Waals surface area contributed by atoms with Gasteiger partial charge in [-0.3, -0.25) is 4.79 Å². The second-order valence-corrected chi connectivity index (χ2v) is 7.05. The molecule has 1 spiro atoms. The van der Waals surface area contributed by atoms with E-state index >= 15 is 0 Å². The number of amides is 1. The maximum Gasteiger partial charge on any atom is 0.233 e. The largest absolute Gasteiger partial charge is 0.454 e. The van der Waals surface area contributed by atoms with Gasteiger partial charge in [-0.2, -0.15) is 0 Å². The Morgan fingerprint density at radius 3 is 2.38 bits per heavy atom. The number of carbonyl (C=O) groups is 1. The third-order valence-corrected chi connectivity index (χ3v) is 5.71. The zero-order valence-electron chi connectivity index (χ0n) is 13.6. The van der Waals surface area contributed by atoms with E-state index in [0.29, 0.717) is 26.3 Å². The number of carbonyl (C=O) groups excluding carboxylic acids is 1. The molecule has 3 aliphatic heterocycles. The van der Waals surface area contributed by atoms with Crippen LogP contribution in [0.4, 0.5) is 0 Å². The van der Waals surface area contributed by atoms with E-state index in [2.05, 4.69) is 0 Å². The van der Waals surface area contributed by atoms with Crippen LogP contribution in [0.25, 0.3) is 0 Å². The van der Waals surface area contributed by atoms with Crippen LogP contribution >= 0.6 is 0 Å². The molecular weight excluding hydrogens is 310 g/mol. The van der Waals surface area contributed by atoms with Gasteiger partial charge in [0.15, 0.2) is 17.3 Å². The predicted molar refractivity (Wildman–Crippen MR) is 83.9 cm³/mol. The standard InChI is InChI=1S/C18H21NO5/c20-16(19-7-5-18(6-8-19)23-9-10-24-18)17(3-4-17)13-1-2-14-15(11-13)22-12-21-14/h1-2,11H,3-10,12H2. The molecule has 1 amide bonds. The maximum atomic E-state index is 13.2. The molecule has 0 N–H and O–H groups in total.